The first-order valence-electron chi connectivity index (χ1n) is 8.96. The quantitative estimate of drug-likeness (QED) is 0.451. The highest BCUT2D eigenvalue weighted by atomic mass is 16.6. The summed E-state index contributed by atoms with van der Waals surface area (Å²) in [7, 11) is 0. The first-order chi connectivity index (χ1) is 12.2. The van der Waals surface area contributed by atoms with E-state index in [1.807, 2.05) is 0 Å². The second-order valence-electron chi connectivity index (χ2n) is 7.69. The summed E-state index contributed by atoms with van der Waals surface area (Å²) in [5, 5.41) is 20.9. The van der Waals surface area contributed by atoms with Gasteiger partial charge in [-0.2, -0.15) is 0 Å². The second kappa shape index (κ2) is 6.67. The van der Waals surface area contributed by atoms with E-state index in [1.54, 1.807) is 19.9 Å². The lowest BCUT2D eigenvalue weighted by Crippen LogP contribution is -2.40. The number of fused-ring (bicyclic) bond motifs is 2. The zero-order valence-corrected chi connectivity index (χ0v) is 15.2. The molecule has 1 saturated heterocycles. The normalized spacial score (nSPS) is 39.9. The molecular formula is C20H26O6. The van der Waals surface area contributed by atoms with Gasteiger partial charge in [0.15, 0.2) is 0 Å². The van der Waals surface area contributed by atoms with Crippen LogP contribution in [0.1, 0.15) is 33.1 Å². The number of allylic oxidation sites excluding steroid dienone is 1. The van der Waals surface area contributed by atoms with Crippen molar-refractivity contribution in [3.8, 4) is 0 Å². The lowest BCUT2D eigenvalue weighted by molar-refractivity contribution is -0.146. The molecule has 142 valence electrons. The van der Waals surface area contributed by atoms with Crippen LogP contribution < -0.4 is 0 Å². The van der Waals surface area contributed by atoms with Crippen LogP contribution in [0.2, 0.25) is 0 Å². The highest BCUT2D eigenvalue weighted by Crippen LogP contribution is 2.53. The smallest absolute Gasteiger partial charge is 0.334 e. The molecule has 3 fully saturated rings. The van der Waals surface area contributed by atoms with Crippen molar-refractivity contribution in [2.45, 2.75) is 50.9 Å². The Bertz CT molecular complexity index is 692. The minimum Gasteiger partial charge on any atom is -0.458 e. The Kier molecular flexibility index (Phi) is 4.84. The van der Waals surface area contributed by atoms with Crippen molar-refractivity contribution >= 4 is 11.9 Å². The Hall–Kier alpha value is -1.92. The van der Waals surface area contributed by atoms with Gasteiger partial charge in [-0.05, 0) is 20.3 Å². The van der Waals surface area contributed by atoms with Gasteiger partial charge in [0.1, 0.15) is 12.2 Å². The average Bonchev–Trinajstić information content (AvgIpc) is 2.96. The number of carbonyl (C=O) groups is 2. The van der Waals surface area contributed by atoms with Gasteiger partial charge in [-0.25, -0.2) is 9.59 Å². The first-order valence-corrected chi connectivity index (χ1v) is 8.96. The van der Waals surface area contributed by atoms with Crippen molar-refractivity contribution in [2.24, 2.45) is 17.8 Å². The third-order valence-corrected chi connectivity index (χ3v) is 6.23. The van der Waals surface area contributed by atoms with Gasteiger partial charge in [0.05, 0.1) is 12.2 Å². The molecule has 1 heterocycles. The molecule has 0 spiro atoms. The maximum atomic E-state index is 12.2. The Morgan fingerprint density at radius 1 is 1.46 bits per heavy atom. The fourth-order valence-electron chi connectivity index (χ4n) is 4.60. The lowest BCUT2D eigenvalue weighted by atomic mass is 9.78. The van der Waals surface area contributed by atoms with Gasteiger partial charge < -0.3 is 19.7 Å². The Labute approximate surface area is 153 Å². The maximum absolute atomic E-state index is 12.2. The van der Waals surface area contributed by atoms with Crippen molar-refractivity contribution in [3.63, 3.8) is 0 Å². The van der Waals surface area contributed by atoms with E-state index < -0.39 is 30.3 Å². The topological polar surface area (TPSA) is 93.1 Å². The maximum Gasteiger partial charge on any atom is 0.334 e. The van der Waals surface area contributed by atoms with Gasteiger partial charge in [0.2, 0.25) is 0 Å². The van der Waals surface area contributed by atoms with E-state index >= 15 is 0 Å². The summed E-state index contributed by atoms with van der Waals surface area (Å²) in [6.45, 7) is 10.9. The van der Waals surface area contributed by atoms with Gasteiger partial charge in [-0.1, -0.05) is 24.8 Å². The molecule has 0 unspecified atom stereocenters. The summed E-state index contributed by atoms with van der Waals surface area (Å²) < 4.78 is 11.1. The molecule has 6 nitrogen and oxygen atoms in total. The lowest BCUT2D eigenvalue weighted by Gasteiger charge is -2.31. The van der Waals surface area contributed by atoms with Gasteiger partial charge in [0.25, 0.3) is 0 Å². The molecule has 0 bridgehead atoms. The molecule has 0 amide bonds. The molecule has 2 saturated carbocycles. The molecule has 2 aliphatic carbocycles. The number of hydrogen-bond acceptors (Lipinski definition) is 6. The fourth-order valence-corrected chi connectivity index (χ4v) is 4.60. The average molecular weight is 362 g/mol. The van der Waals surface area contributed by atoms with E-state index in [0.717, 1.165) is 5.57 Å². The Balaban J connectivity index is 1.92. The van der Waals surface area contributed by atoms with E-state index in [2.05, 4.69) is 13.2 Å². The van der Waals surface area contributed by atoms with Crippen molar-refractivity contribution in [1.29, 1.82) is 0 Å². The third kappa shape index (κ3) is 2.91. The van der Waals surface area contributed by atoms with Crippen LogP contribution in [0.15, 0.2) is 36.0 Å². The number of rotatable bonds is 3. The summed E-state index contributed by atoms with van der Waals surface area (Å²) in [6.07, 6.45) is 1.75. The molecule has 0 aromatic rings. The molecular weight excluding hydrogens is 336 g/mol. The molecule has 0 aromatic heterocycles. The zero-order chi connectivity index (χ0) is 19.2. The second-order valence-corrected chi connectivity index (χ2v) is 7.69. The Morgan fingerprint density at radius 3 is 2.77 bits per heavy atom. The third-order valence-electron chi connectivity index (χ3n) is 6.23. The molecule has 3 aliphatic rings. The Morgan fingerprint density at radius 2 is 2.15 bits per heavy atom. The van der Waals surface area contributed by atoms with Gasteiger partial charge in [-0.3, -0.25) is 0 Å². The number of aliphatic hydroxyl groups excluding tert-OH is 1. The van der Waals surface area contributed by atoms with Crippen LogP contribution >= 0.6 is 0 Å². The molecule has 26 heavy (non-hydrogen) atoms. The van der Waals surface area contributed by atoms with Gasteiger partial charge >= 0.3 is 11.9 Å². The molecule has 6 atom stereocenters. The van der Waals surface area contributed by atoms with E-state index in [-0.39, 0.29) is 30.3 Å². The van der Waals surface area contributed by atoms with Crippen molar-refractivity contribution < 1.29 is 29.3 Å². The van der Waals surface area contributed by atoms with Crippen LogP contribution in [0.25, 0.3) is 0 Å². The largest absolute Gasteiger partial charge is 0.458 e. The standard InChI is InChI=1S/C20H26O6/c1-5-10(2)18(22)26-16-8-20(24,9-21)14-7-13-12(4)19(23)25-15(13)6-11(3)17(14)16/h5,13-17,21,24H,3-4,6-9H2,1-2H3/t13-,14-,15-,16+,17-,20+/m1/s1. The predicted molar refractivity (Wildman–Crippen MR) is 93.8 cm³/mol. The summed E-state index contributed by atoms with van der Waals surface area (Å²) in [4.78, 5) is 24.1. The molecule has 0 aromatic carbocycles. The van der Waals surface area contributed by atoms with E-state index in [0.29, 0.717) is 24.0 Å². The summed E-state index contributed by atoms with van der Waals surface area (Å²) in [5.41, 5.74) is 0.252. The minimum atomic E-state index is -1.40. The molecule has 6 heteroatoms. The highest BCUT2D eigenvalue weighted by molar-refractivity contribution is 5.91. The minimum absolute atomic E-state index is 0.138. The molecule has 0 radical (unpaired) electrons. The number of hydrogen-bond donors (Lipinski definition) is 2. The number of aliphatic hydroxyl groups is 2. The van der Waals surface area contributed by atoms with Crippen molar-refractivity contribution in [1.82, 2.24) is 0 Å². The molecule has 2 N–H and O–H groups in total. The van der Waals surface area contributed by atoms with Crippen LogP contribution in [-0.4, -0.2) is 46.6 Å². The number of ether oxygens (including phenoxy) is 2. The van der Waals surface area contributed by atoms with E-state index in [9.17, 15) is 19.8 Å². The van der Waals surface area contributed by atoms with Crippen molar-refractivity contribution in [3.05, 3.63) is 36.0 Å². The fraction of sp³-hybridized carbons (Fsp3) is 0.600. The van der Waals surface area contributed by atoms with Crippen LogP contribution in [0.4, 0.5) is 0 Å². The zero-order valence-electron chi connectivity index (χ0n) is 15.2. The highest BCUT2D eigenvalue weighted by Gasteiger charge is 2.58. The van der Waals surface area contributed by atoms with E-state index in [1.165, 1.54) is 0 Å². The van der Waals surface area contributed by atoms with Crippen molar-refractivity contribution in [2.75, 3.05) is 6.61 Å². The summed E-state index contributed by atoms with van der Waals surface area (Å²) in [6, 6.07) is 0. The summed E-state index contributed by atoms with van der Waals surface area (Å²) >= 11 is 0. The van der Waals surface area contributed by atoms with Crippen LogP contribution in [0, 0.1) is 17.8 Å². The van der Waals surface area contributed by atoms with Gasteiger partial charge in [0, 0.05) is 41.7 Å². The van der Waals surface area contributed by atoms with Gasteiger partial charge in [-0.15, -0.1) is 0 Å². The molecule has 3 rings (SSSR count). The van der Waals surface area contributed by atoms with Crippen LogP contribution in [0.3, 0.4) is 0 Å². The van der Waals surface area contributed by atoms with Crippen LogP contribution in [0.5, 0.6) is 0 Å². The van der Waals surface area contributed by atoms with E-state index in [4.69, 9.17) is 9.47 Å². The molecule has 1 aliphatic heterocycles. The summed E-state index contributed by atoms with van der Waals surface area (Å²) in [5.74, 6) is -1.75. The number of carbonyl (C=O) groups excluding carboxylic acids is 2. The monoisotopic (exact) mass is 362 g/mol. The predicted octanol–water partition coefficient (Wildman–Crippen LogP) is 1.67. The first kappa shape index (κ1) is 18.9. The number of esters is 2. The SMILES string of the molecule is C=C1C[C@H]2OC(=O)C(=C)[C@H]2C[C@@H]2[C@@H]1[C@@H](OC(=O)C(C)=CC)C[C@]2(O)CO. The van der Waals surface area contributed by atoms with Crippen LogP contribution in [-0.2, 0) is 19.1 Å².